The first-order valence-electron chi connectivity index (χ1n) is 6.72. The van der Waals surface area contributed by atoms with Crippen LogP contribution in [0.2, 0.25) is 0 Å². The molecule has 0 radical (unpaired) electrons. The highest BCUT2D eigenvalue weighted by atomic mass is 16.3. The second-order valence-corrected chi connectivity index (χ2v) is 5.01. The molecular weight excluding hydrogens is 270 g/mol. The molecule has 0 saturated carbocycles. The molecule has 4 heterocycles. The van der Waals surface area contributed by atoms with Crippen LogP contribution in [0.3, 0.4) is 0 Å². The van der Waals surface area contributed by atoms with Crippen LogP contribution < -0.4 is 5.32 Å². The number of furan rings is 2. The van der Waals surface area contributed by atoms with Gasteiger partial charge in [-0.3, -0.25) is 4.79 Å². The number of nitrogens with zero attached hydrogens (tertiary/aromatic N) is 2. The second kappa shape index (κ2) is 4.66. The Bertz CT molecular complexity index is 756. The number of rotatable bonds is 3. The zero-order chi connectivity index (χ0) is 14.2. The topological polar surface area (TPSA) is 73.2 Å². The van der Waals surface area contributed by atoms with Gasteiger partial charge >= 0.3 is 0 Å². The van der Waals surface area contributed by atoms with Crippen LogP contribution in [0, 0.1) is 0 Å². The molecule has 0 bridgehead atoms. The minimum Gasteiger partial charge on any atom is -0.469 e. The molecule has 6 nitrogen and oxygen atoms in total. The summed E-state index contributed by atoms with van der Waals surface area (Å²) in [4.78, 5) is 12.0. The Morgan fingerprint density at radius 3 is 2.90 bits per heavy atom. The molecule has 106 valence electrons. The van der Waals surface area contributed by atoms with Crippen molar-refractivity contribution in [1.82, 2.24) is 9.78 Å². The number of nitrogens with one attached hydrogen (secondary N) is 1. The molecule has 1 aliphatic rings. The molecule has 21 heavy (non-hydrogen) atoms. The number of carbonyl (C=O) groups is 1. The van der Waals surface area contributed by atoms with Gasteiger partial charge in [-0.25, -0.2) is 4.68 Å². The van der Waals surface area contributed by atoms with Crippen molar-refractivity contribution in [1.29, 1.82) is 0 Å². The van der Waals surface area contributed by atoms with Gasteiger partial charge in [-0.2, -0.15) is 5.10 Å². The molecular formula is C15H13N3O3. The Balaban J connectivity index is 1.73. The lowest BCUT2D eigenvalue weighted by molar-refractivity contribution is -0.116. The summed E-state index contributed by atoms with van der Waals surface area (Å²) in [7, 11) is 0. The first-order valence-corrected chi connectivity index (χ1v) is 6.72. The number of amides is 1. The number of hydrogen-bond acceptors (Lipinski definition) is 4. The maximum Gasteiger partial charge on any atom is 0.226 e. The maximum atomic E-state index is 12.0. The highest BCUT2D eigenvalue weighted by molar-refractivity contribution is 5.94. The largest absolute Gasteiger partial charge is 0.469 e. The quantitative estimate of drug-likeness (QED) is 0.801. The fraction of sp³-hybridized carbons (Fsp3) is 0.200. The van der Waals surface area contributed by atoms with Crippen LogP contribution in [0.1, 0.15) is 29.4 Å². The Hall–Kier alpha value is -2.76. The molecule has 0 spiro atoms. The molecule has 1 atom stereocenters. The molecule has 3 aromatic rings. The highest BCUT2D eigenvalue weighted by Crippen LogP contribution is 2.37. The third-order valence-corrected chi connectivity index (χ3v) is 3.66. The second-order valence-electron chi connectivity index (χ2n) is 5.01. The van der Waals surface area contributed by atoms with Crippen molar-refractivity contribution in [3.05, 3.63) is 60.1 Å². The van der Waals surface area contributed by atoms with Crippen LogP contribution in [0.15, 0.2) is 51.8 Å². The van der Waals surface area contributed by atoms with E-state index in [1.165, 1.54) is 0 Å². The first kappa shape index (κ1) is 12.0. The van der Waals surface area contributed by atoms with Gasteiger partial charge in [0.15, 0.2) is 0 Å². The molecule has 4 rings (SSSR count). The van der Waals surface area contributed by atoms with Crippen LogP contribution >= 0.6 is 0 Å². The molecule has 0 fully saturated rings. The summed E-state index contributed by atoms with van der Waals surface area (Å²) in [5.41, 5.74) is 0.969. The van der Waals surface area contributed by atoms with E-state index < -0.39 is 0 Å². The van der Waals surface area contributed by atoms with E-state index in [1.54, 1.807) is 23.4 Å². The van der Waals surface area contributed by atoms with Crippen LogP contribution in [-0.4, -0.2) is 15.7 Å². The fourth-order valence-corrected chi connectivity index (χ4v) is 2.68. The monoisotopic (exact) mass is 283 g/mol. The normalized spacial score (nSPS) is 17.5. The van der Waals surface area contributed by atoms with Crippen molar-refractivity contribution < 1.29 is 13.6 Å². The smallest absolute Gasteiger partial charge is 0.226 e. The molecule has 6 heteroatoms. The van der Waals surface area contributed by atoms with Gasteiger partial charge in [-0.1, -0.05) is 0 Å². The van der Waals surface area contributed by atoms with Crippen molar-refractivity contribution in [3.8, 4) is 0 Å². The van der Waals surface area contributed by atoms with Crippen molar-refractivity contribution in [3.63, 3.8) is 0 Å². The molecule has 0 aromatic carbocycles. The van der Waals surface area contributed by atoms with Gasteiger partial charge in [-0.15, -0.1) is 0 Å². The molecule has 0 saturated heterocycles. The molecule has 1 aliphatic heterocycles. The van der Waals surface area contributed by atoms with Crippen molar-refractivity contribution >= 4 is 11.7 Å². The third kappa shape index (κ3) is 2.05. The van der Waals surface area contributed by atoms with Crippen LogP contribution in [0.25, 0.3) is 0 Å². The van der Waals surface area contributed by atoms with Crippen molar-refractivity contribution in [2.75, 3.05) is 5.32 Å². The Labute approximate surface area is 120 Å². The predicted octanol–water partition coefficient (Wildman–Crippen LogP) is 2.59. The SMILES string of the molecule is O=C1C[C@@H](c2ccco2)c2cnn(Cc3ccco3)c2N1. The van der Waals surface area contributed by atoms with E-state index in [-0.39, 0.29) is 11.8 Å². The lowest BCUT2D eigenvalue weighted by Gasteiger charge is -2.21. The van der Waals surface area contributed by atoms with Crippen molar-refractivity contribution in [2.24, 2.45) is 0 Å². The van der Waals surface area contributed by atoms with Gasteiger partial charge in [0, 0.05) is 12.0 Å². The van der Waals surface area contributed by atoms with Gasteiger partial charge < -0.3 is 14.2 Å². The molecule has 1 amide bonds. The number of hydrogen-bond donors (Lipinski definition) is 1. The average Bonchev–Trinajstić information content (AvgIpc) is 3.20. The van der Waals surface area contributed by atoms with Gasteiger partial charge in [0.05, 0.1) is 24.6 Å². The van der Waals surface area contributed by atoms with E-state index in [0.717, 1.165) is 17.1 Å². The van der Waals surface area contributed by atoms with E-state index >= 15 is 0 Å². The zero-order valence-corrected chi connectivity index (χ0v) is 11.2. The van der Waals surface area contributed by atoms with E-state index in [2.05, 4.69) is 10.4 Å². The van der Waals surface area contributed by atoms with Gasteiger partial charge in [0.2, 0.25) is 5.91 Å². The van der Waals surface area contributed by atoms with Crippen molar-refractivity contribution in [2.45, 2.75) is 18.9 Å². The summed E-state index contributed by atoms with van der Waals surface area (Å²) in [6, 6.07) is 7.42. The standard InChI is InChI=1S/C15H13N3O3/c19-14-7-11(13-4-2-6-21-13)12-8-16-18(15(12)17-14)9-10-3-1-5-20-10/h1-6,8,11H,7,9H2,(H,17,19)/t11-/m1/s1. The fourth-order valence-electron chi connectivity index (χ4n) is 2.68. The zero-order valence-electron chi connectivity index (χ0n) is 11.2. The van der Waals surface area contributed by atoms with E-state index in [4.69, 9.17) is 8.83 Å². The summed E-state index contributed by atoms with van der Waals surface area (Å²) >= 11 is 0. The van der Waals surface area contributed by atoms with Crippen LogP contribution in [0.5, 0.6) is 0 Å². The van der Waals surface area contributed by atoms with Gasteiger partial charge in [-0.05, 0) is 24.3 Å². The van der Waals surface area contributed by atoms with Gasteiger partial charge in [0.25, 0.3) is 0 Å². The summed E-state index contributed by atoms with van der Waals surface area (Å²) in [6.45, 7) is 0.480. The minimum absolute atomic E-state index is 0.0369. The number of carbonyl (C=O) groups excluding carboxylic acids is 1. The summed E-state index contributed by atoms with van der Waals surface area (Å²) in [5, 5.41) is 7.26. The summed E-state index contributed by atoms with van der Waals surface area (Å²) in [6.07, 6.45) is 5.39. The maximum absolute atomic E-state index is 12.0. The van der Waals surface area contributed by atoms with Crippen LogP contribution in [0.4, 0.5) is 5.82 Å². The average molecular weight is 283 g/mol. The Morgan fingerprint density at radius 1 is 1.29 bits per heavy atom. The predicted molar refractivity (Wildman–Crippen MR) is 73.8 cm³/mol. The molecule has 0 aliphatic carbocycles. The lowest BCUT2D eigenvalue weighted by atomic mass is 9.92. The number of aromatic nitrogens is 2. The molecule has 1 N–H and O–H groups in total. The van der Waals surface area contributed by atoms with E-state index in [1.807, 2.05) is 24.3 Å². The van der Waals surface area contributed by atoms with Gasteiger partial charge in [0.1, 0.15) is 23.9 Å². The van der Waals surface area contributed by atoms with Crippen LogP contribution in [-0.2, 0) is 11.3 Å². The minimum atomic E-state index is -0.0888. The number of fused-ring (bicyclic) bond motifs is 1. The summed E-state index contributed by atoms with van der Waals surface area (Å²) in [5.74, 6) is 2.15. The molecule has 3 aromatic heterocycles. The van der Waals surface area contributed by atoms with E-state index in [0.29, 0.717) is 18.8 Å². The summed E-state index contributed by atoms with van der Waals surface area (Å²) < 4.78 is 12.5. The number of anilines is 1. The third-order valence-electron chi connectivity index (χ3n) is 3.66. The Kier molecular flexibility index (Phi) is 2.67. The lowest BCUT2D eigenvalue weighted by Crippen LogP contribution is -2.24. The first-order chi connectivity index (χ1) is 10.3. The van der Waals surface area contributed by atoms with E-state index in [9.17, 15) is 4.79 Å². The highest BCUT2D eigenvalue weighted by Gasteiger charge is 2.31. The molecule has 0 unspecified atom stereocenters. The Morgan fingerprint density at radius 2 is 2.14 bits per heavy atom.